The van der Waals surface area contributed by atoms with Crippen LogP contribution < -0.4 is 16.1 Å². The molecule has 0 radical (unpaired) electrons. The second-order valence-electron chi connectivity index (χ2n) is 7.63. The molecule has 0 spiro atoms. The van der Waals surface area contributed by atoms with Crippen LogP contribution in [0.5, 0.6) is 0 Å². The summed E-state index contributed by atoms with van der Waals surface area (Å²) in [5.41, 5.74) is 1.26. The van der Waals surface area contributed by atoms with Crippen molar-refractivity contribution in [2.75, 3.05) is 18.0 Å². The topological polar surface area (TPSA) is 58.1 Å². The standard InChI is InChI=1S/C23H24FN3O2/c24-20-8-6-19(7-9-20)16-27-22(28)15-21(25-23(27)29)26-12-10-18(11-13-26)14-17-4-2-1-3-5-17/h1-9,15,18H,10-14,16H2,(H,25,29). The van der Waals surface area contributed by atoms with Crippen molar-refractivity contribution in [3.05, 3.63) is 98.4 Å². The summed E-state index contributed by atoms with van der Waals surface area (Å²) in [6.45, 7) is 1.75. The first kappa shape index (κ1) is 19.2. The average molecular weight is 393 g/mol. The predicted octanol–water partition coefficient (Wildman–Crippen LogP) is 3.18. The lowest BCUT2D eigenvalue weighted by molar-refractivity contribution is 0.401. The summed E-state index contributed by atoms with van der Waals surface area (Å²) in [4.78, 5) is 29.9. The van der Waals surface area contributed by atoms with Crippen molar-refractivity contribution in [3.8, 4) is 0 Å². The van der Waals surface area contributed by atoms with Crippen LogP contribution in [-0.2, 0) is 13.0 Å². The first-order valence-electron chi connectivity index (χ1n) is 9.96. The highest BCUT2D eigenvalue weighted by atomic mass is 19.1. The molecule has 150 valence electrons. The molecule has 0 saturated carbocycles. The van der Waals surface area contributed by atoms with Gasteiger partial charge in [0.2, 0.25) is 0 Å². The molecular formula is C23H24FN3O2. The molecule has 0 aliphatic carbocycles. The lowest BCUT2D eigenvalue weighted by atomic mass is 9.90. The zero-order chi connectivity index (χ0) is 20.2. The molecule has 0 amide bonds. The Morgan fingerprint density at radius 1 is 0.931 bits per heavy atom. The minimum atomic E-state index is -0.441. The molecular weight excluding hydrogens is 369 g/mol. The number of nitrogens with one attached hydrogen (secondary N) is 1. The van der Waals surface area contributed by atoms with E-state index in [4.69, 9.17) is 0 Å². The van der Waals surface area contributed by atoms with Crippen molar-refractivity contribution < 1.29 is 4.39 Å². The average Bonchev–Trinajstić information content (AvgIpc) is 2.73. The zero-order valence-corrected chi connectivity index (χ0v) is 16.2. The Kier molecular flexibility index (Phi) is 5.60. The minimum Gasteiger partial charge on any atom is -0.358 e. The SMILES string of the molecule is O=c1cc(N2CCC(Cc3ccccc3)CC2)[nH]c(=O)n1Cc1ccc(F)cc1. The first-order chi connectivity index (χ1) is 14.1. The number of hydrogen-bond acceptors (Lipinski definition) is 3. The number of rotatable bonds is 5. The van der Waals surface area contributed by atoms with E-state index in [9.17, 15) is 14.0 Å². The Bertz CT molecular complexity index is 1030. The summed E-state index contributed by atoms with van der Waals surface area (Å²) in [6, 6.07) is 17.8. The third kappa shape index (κ3) is 4.65. The van der Waals surface area contributed by atoms with Crippen LogP contribution >= 0.6 is 0 Å². The molecule has 29 heavy (non-hydrogen) atoms. The van der Waals surface area contributed by atoms with Gasteiger partial charge in [0.1, 0.15) is 11.6 Å². The molecule has 0 atom stereocenters. The van der Waals surface area contributed by atoms with Gasteiger partial charge in [-0.15, -0.1) is 0 Å². The number of nitrogens with zero attached hydrogens (tertiary/aromatic N) is 2. The van der Waals surface area contributed by atoms with Crippen LogP contribution in [-0.4, -0.2) is 22.6 Å². The van der Waals surface area contributed by atoms with Crippen molar-refractivity contribution in [2.45, 2.75) is 25.8 Å². The fraction of sp³-hybridized carbons (Fsp3) is 0.304. The van der Waals surface area contributed by atoms with Crippen molar-refractivity contribution in [1.82, 2.24) is 9.55 Å². The summed E-state index contributed by atoms with van der Waals surface area (Å²) >= 11 is 0. The highest BCUT2D eigenvalue weighted by molar-refractivity contribution is 5.37. The predicted molar refractivity (Wildman–Crippen MR) is 112 cm³/mol. The molecule has 1 saturated heterocycles. The van der Waals surface area contributed by atoms with Crippen molar-refractivity contribution >= 4 is 5.82 Å². The number of benzene rings is 2. The molecule has 6 heteroatoms. The second-order valence-corrected chi connectivity index (χ2v) is 7.63. The van der Waals surface area contributed by atoms with E-state index < -0.39 is 5.69 Å². The van der Waals surface area contributed by atoms with Gasteiger partial charge in [-0.05, 0) is 48.4 Å². The van der Waals surface area contributed by atoms with E-state index in [1.54, 1.807) is 12.1 Å². The van der Waals surface area contributed by atoms with Crippen LogP contribution in [0.25, 0.3) is 0 Å². The molecule has 1 aromatic heterocycles. The largest absolute Gasteiger partial charge is 0.358 e. The van der Waals surface area contributed by atoms with E-state index >= 15 is 0 Å². The first-order valence-corrected chi connectivity index (χ1v) is 9.96. The van der Waals surface area contributed by atoms with E-state index in [-0.39, 0.29) is 17.9 Å². The normalized spacial score (nSPS) is 14.9. The van der Waals surface area contributed by atoms with E-state index in [2.05, 4.69) is 34.1 Å². The van der Waals surface area contributed by atoms with Gasteiger partial charge < -0.3 is 4.90 Å². The highest BCUT2D eigenvalue weighted by Gasteiger charge is 2.21. The van der Waals surface area contributed by atoms with Gasteiger partial charge in [0, 0.05) is 19.2 Å². The van der Waals surface area contributed by atoms with Gasteiger partial charge in [0.25, 0.3) is 5.56 Å². The van der Waals surface area contributed by atoms with Crippen LogP contribution in [0.2, 0.25) is 0 Å². The Balaban J connectivity index is 1.43. The minimum absolute atomic E-state index is 0.119. The maximum absolute atomic E-state index is 13.1. The molecule has 5 nitrogen and oxygen atoms in total. The maximum atomic E-state index is 13.1. The Labute approximate surface area is 168 Å². The monoisotopic (exact) mass is 393 g/mol. The molecule has 3 aromatic rings. The molecule has 1 fully saturated rings. The third-order valence-electron chi connectivity index (χ3n) is 5.58. The van der Waals surface area contributed by atoms with Gasteiger partial charge in [0.15, 0.2) is 0 Å². The molecule has 4 rings (SSSR count). The second kappa shape index (κ2) is 8.47. The van der Waals surface area contributed by atoms with E-state index in [1.807, 2.05) is 6.07 Å². The molecule has 1 aliphatic rings. The Hall–Kier alpha value is -3.15. The molecule has 2 aromatic carbocycles. The number of H-pyrrole nitrogens is 1. The van der Waals surface area contributed by atoms with Crippen molar-refractivity contribution in [2.24, 2.45) is 5.92 Å². The molecule has 1 aliphatic heterocycles. The number of hydrogen-bond donors (Lipinski definition) is 1. The van der Waals surface area contributed by atoms with Crippen LogP contribution in [0.3, 0.4) is 0 Å². The molecule has 1 N–H and O–H groups in total. The van der Waals surface area contributed by atoms with E-state index in [1.165, 1.54) is 23.8 Å². The summed E-state index contributed by atoms with van der Waals surface area (Å²) in [6.07, 6.45) is 3.11. The third-order valence-corrected chi connectivity index (χ3v) is 5.58. The van der Waals surface area contributed by atoms with E-state index in [0.717, 1.165) is 36.9 Å². The number of piperidine rings is 1. The number of aromatic amines is 1. The van der Waals surface area contributed by atoms with Crippen LogP contribution in [0.15, 0.2) is 70.3 Å². The molecule has 0 unspecified atom stereocenters. The van der Waals surface area contributed by atoms with Gasteiger partial charge in [-0.25, -0.2) is 9.18 Å². The van der Waals surface area contributed by atoms with Crippen molar-refractivity contribution in [1.29, 1.82) is 0 Å². The molecule has 2 heterocycles. The Morgan fingerprint density at radius 3 is 2.28 bits per heavy atom. The van der Waals surface area contributed by atoms with Crippen LogP contribution in [0, 0.1) is 11.7 Å². The van der Waals surface area contributed by atoms with Crippen LogP contribution in [0.1, 0.15) is 24.0 Å². The number of aromatic nitrogens is 2. The summed E-state index contributed by atoms with van der Waals surface area (Å²) in [5.74, 6) is 0.841. The quantitative estimate of drug-likeness (QED) is 0.724. The fourth-order valence-corrected chi connectivity index (χ4v) is 3.93. The fourth-order valence-electron chi connectivity index (χ4n) is 3.93. The highest BCUT2D eigenvalue weighted by Crippen LogP contribution is 2.23. The van der Waals surface area contributed by atoms with Gasteiger partial charge >= 0.3 is 5.69 Å². The number of halogens is 1. The van der Waals surface area contributed by atoms with E-state index in [0.29, 0.717) is 17.3 Å². The van der Waals surface area contributed by atoms with Gasteiger partial charge in [-0.3, -0.25) is 14.3 Å². The van der Waals surface area contributed by atoms with Crippen molar-refractivity contribution in [3.63, 3.8) is 0 Å². The van der Waals surface area contributed by atoms with Crippen LogP contribution in [0.4, 0.5) is 10.2 Å². The smallest absolute Gasteiger partial charge is 0.330 e. The molecule has 0 bridgehead atoms. The Morgan fingerprint density at radius 2 is 1.62 bits per heavy atom. The lowest BCUT2D eigenvalue weighted by Crippen LogP contribution is -2.40. The number of anilines is 1. The van der Waals surface area contributed by atoms with Gasteiger partial charge in [-0.1, -0.05) is 42.5 Å². The summed E-state index contributed by atoms with van der Waals surface area (Å²) in [5, 5.41) is 0. The van der Waals surface area contributed by atoms with Gasteiger partial charge in [0.05, 0.1) is 6.54 Å². The lowest BCUT2D eigenvalue weighted by Gasteiger charge is -2.33. The zero-order valence-electron chi connectivity index (χ0n) is 16.2. The summed E-state index contributed by atoms with van der Waals surface area (Å²) in [7, 11) is 0. The van der Waals surface area contributed by atoms with Gasteiger partial charge in [-0.2, -0.15) is 0 Å². The maximum Gasteiger partial charge on any atom is 0.330 e. The summed E-state index contributed by atoms with van der Waals surface area (Å²) < 4.78 is 14.2.